The van der Waals surface area contributed by atoms with E-state index in [-0.39, 0.29) is 33.8 Å². The summed E-state index contributed by atoms with van der Waals surface area (Å²) in [6, 6.07) is 3.59. The molecule has 0 unspecified atom stereocenters. The van der Waals surface area contributed by atoms with E-state index < -0.39 is 23.6 Å². The Morgan fingerprint density at radius 1 is 1.24 bits per heavy atom. The molecule has 29 heavy (non-hydrogen) atoms. The molecule has 0 fully saturated rings. The third-order valence-corrected chi connectivity index (χ3v) is 4.29. The van der Waals surface area contributed by atoms with Gasteiger partial charge in [0.1, 0.15) is 11.8 Å². The summed E-state index contributed by atoms with van der Waals surface area (Å²) in [5, 5.41) is 6.61. The van der Waals surface area contributed by atoms with Crippen LogP contribution in [0.1, 0.15) is 24.4 Å². The van der Waals surface area contributed by atoms with Gasteiger partial charge in [-0.1, -0.05) is 11.6 Å². The summed E-state index contributed by atoms with van der Waals surface area (Å²) in [6.45, 7) is 1.67. The van der Waals surface area contributed by atoms with Gasteiger partial charge < -0.3 is 9.73 Å². The van der Waals surface area contributed by atoms with Crippen LogP contribution in [-0.4, -0.2) is 24.7 Å². The number of nitrogens with zero attached hydrogens (tertiary/aromatic N) is 5. The van der Waals surface area contributed by atoms with E-state index in [0.29, 0.717) is 0 Å². The maximum Gasteiger partial charge on any atom is 0.416 e. The third-order valence-electron chi connectivity index (χ3n) is 4.01. The van der Waals surface area contributed by atoms with Gasteiger partial charge in [0.05, 0.1) is 16.6 Å². The Hall–Kier alpha value is -3.21. The zero-order valence-corrected chi connectivity index (χ0v) is 15.3. The smallest absolute Gasteiger partial charge is 0.416 e. The molecule has 0 bridgehead atoms. The van der Waals surface area contributed by atoms with E-state index in [4.69, 9.17) is 16.0 Å². The van der Waals surface area contributed by atoms with Crippen molar-refractivity contribution in [3.8, 4) is 5.82 Å². The van der Waals surface area contributed by atoms with Crippen molar-refractivity contribution < 1.29 is 22.0 Å². The van der Waals surface area contributed by atoms with Crippen molar-refractivity contribution in [1.82, 2.24) is 24.7 Å². The number of anilines is 1. The first-order valence-electron chi connectivity index (χ1n) is 8.18. The van der Waals surface area contributed by atoms with Gasteiger partial charge in [0, 0.05) is 6.20 Å². The van der Waals surface area contributed by atoms with Crippen LogP contribution in [0.25, 0.3) is 16.9 Å². The van der Waals surface area contributed by atoms with Crippen LogP contribution >= 0.6 is 11.6 Å². The summed E-state index contributed by atoms with van der Waals surface area (Å²) in [6.07, 6.45) is -1.94. The summed E-state index contributed by atoms with van der Waals surface area (Å²) in [4.78, 5) is 12.0. The van der Waals surface area contributed by atoms with Crippen LogP contribution in [-0.2, 0) is 6.18 Å². The lowest BCUT2D eigenvalue weighted by molar-refractivity contribution is -0.137. The molecule has 0 saturated heterocycles. The topological polar surface area (TPSA) is 81.7 Å². The van der Waals surface area contributed by atoms with Crippen LogP contribution in [0.2, 0.25) is 5.02 Å². The van der Waals surface area contributed by atoms with E-state index in [1.54, 1.807) is 6.92 Å². The third kappa shape index (κ3) is 3.60. The van der Waals surface area contributed by atoms with Crippen molar-refractivity contribution in [1.29, 1.82) is 0 Å². The van der Waals surface area contributed by atoms with Crippen LogP contribution < -0.4 is 5.32 Å². The molecular weight excluding hydrogens is 416 g/mol. The Balaban J connectivity index is 1.66. The second kappa shape index (κ2) is 6.99. The maximum atomic E-state index is 14.0. The van der Waals surface area contributed by atoms with E-state index in [1.807, 2.05) is 0 Å². The molecule has 0 aliphatic carbocycles. The number of halogens is 5. The second-order valence-electron chi connectivity index (χ2n) is 6.03. The Morgan fingerprint density at radius 3 is 2.76 bits per heavy atom. The van der Waals surface area contributed by atoms with Crippen LogP contribution in [0.4, 0.5) is 23.6 Å². The summed E-state index contributed by atoms with van der Waals surface area (Å²) in [5.41, 5.74) is -0.989. The molecule has 1 atom stereocenters. The average Bonchev–Trinajstić information content (AvgIpc) is 3.28. The number of benzene rings is 1. The highest BCUT2D eigenvalue weighted by atomic mass is 35.5. The van der Waals surface area contributed by atoms with Crippen LogP contribution in [0.15, 0.2) is 41.2 Å². The number of fused-ring (bicyclic) bond motifs is 1. The van der Waals surface area contributed by atoms with Crippen molar-refractivity contribution >= 4 is 28.7 Å². The summed E-state index contributed by atoms with van der Waals surface area (Å²) < 4.78 is 59.5. The average molecular weight is 427 g/mol. The van der Waals surface area contributed by atoms with Crippen molar-refractivity contribution in [2.75, 3.05) is 5.32 Å². The molecule has 1 N–H and O–H groups in total. The largest absolute Gasteiger partial charge is 0.422 e. The standard InChI is InChI=1S/C17H11ClF4N6O/c1-8(14-24-7-25-28(14)15-11(19)3-2-4-23-15)26-16-27-12-6-9(17(20,21)22)5-10(18)13(12)29-16/h2-8H,1H3,(H,26,27)/t8-/m0/s1. The molecule has 0 amide bonds. The highest BCUT2D eigenvalue weighted by Crippen LogP contribution is 2.36. The molecule has 12 heteroatoms. The number of alkyl halides is 3. The van der Waals surface area contributed by atoms with Gasteiger partial charge in [-0.2, -0.15) is 27.9 Å². The minimum Gasteiger partial charge on any atom is -0.422 e. The number of nitrogens with one attached hydrogen (secondary N) is 1. The minimum absolute atomic E-state index is 0.00611. The molecular formula is C17H11ClF4N6O. The molecule has 1 aromatic carbocycles. The number of oxazole rings is 1. The first-order chi connectivity index (χ1) is 13.7. The van der Waals surface area contributed by atoms with E-state index in [9.17, 15) is 17.6 Å². The van der Waals surface area contributed by atoms with Gasteiger partial charge in [0.15, 0.2) is 23.0 Å². The normalized spacial score (nSPS) is 13.0. The highest BCUT2D eigenvalue weighted by molar-refractivity contribution is 6.34. The van der Waals surface area contributed by atoms with Crippen LogP contribution in [0, 0.1) is 5.82 Å². The van der Waals surface area contributed by atoms with E-state index >= 15 is 0 Å². The fourth-order valence-corrected chi connectivity index (χ4v) is 2.96. The number of pyridine rings is 1. The molecule has 0 saturated carbocycles. The second-order valence-corrected chi connectivity index (χ2v) is 6.44. The molecule has 0 aliphatic heterocycles. The molecule has 4 aromatic rings. The number of aromatic nitrogens is 5. The zero-order valence-electron chi connectivity index (χ0n) is 14.6. The number of rotatable bonds is 4. The molecule has 0 aliphatic rings. The predicted octanol–water partition coefficient (Wildman–Crippen LogP) is 4.79. The van der Waals surface area contributed by atoms with Gasteiger partial charge in [-0.3, -0.25) is 0 Å². The number of hydrogen-bond donors (Lipinski definition) is 1. The summed E-state index contributed by atoms with van der Waals surface area (Å²) in [7, 11) is 0. The monoisotopic (exact) mass is 426 g/mol. The molecule has 0 spiro atoms. The lowest BCUT2D eigenvalue weighted by Gasteiger charge is -2.12. The van der Waals surface area contributed by atoms with Crippen molar-refractivity contribution in [2.24, 2.45) is 0 Å². The first-order valence-corrected chi connectivity index (χ1v) is 8.56. The van der Waals surface area contributed by atoms with Gasteiger partial charge in [0.25, 0.3) is 6.01 Å². The van der Waals surface area contributed by atoms with Crippen LogP contribution in [0.5, 0.6) is 0 Å². The van der Waals surface area contributed by atoms with E-state index in [2.05, 4.69) is 25.4 Å². The minimum atomic E-state index is -4.57. The predicted molar refractivity (Wildman–Crippen MR) is 95.2 cm³/mol. The SMILES string of the molecule is C[C@H](Nc1nc2cc(C(F)(F)F)cc(Cl)c2o1)c1ncnn1-c1ncccc1F. The summed E-state index contributed by atoms with van der Waals surface area (Å²) in [5.74, 6) is -0.365. The van der Waals surface area contributed by atoms with Crippen molar-refractivity contribution in [3.05, 3.63) is 59.0 Å². The lowest BCUT2D eigenvalue weighted by Crippen LogP contribution is -2.15. The molecule has 150 valence electrons. The fourth-order valence-electron chi connectivity index (χ4n) is 2.71. The van der Waals surface area contributed by atoms with E-state index in [1.165, 1.54) is 29.3 Å². The lowest BCUT2D eigenvalue weighted by atomic mass is 10.2. The Kier molecular flexibility index (Phi) is 4.61. The highest BCUT2D eigenvalue weighted by Gasteiger charge is 2.32. The fraction of sp³-hybridized carbons (Fsp3) is 0.176. The Bertz CT molecular complexity index is 1190. The van der Waals surface area contributed by atoms with Gasteiger partial charge >= 0.3 is 6.18 Å². The van der Waals surface area contributed by atoms with Crippen molar-refractivity contribution in [3.63, 3.8) is 0 Å². The maximum absolute atomic E-state index is 14.0. The van der Waals surface area contributed by atoms with E-state index in [0.717, 1.165) is 12.1 Å². The number of hydrogen-bond acceptors (Lipinski definition) is 6. The summed E-state index contributed by atoms with van der Waals surface area (Å²) >= 11 is 5.90. The molecule has 4 rings (SSSR count). The van der Waals surface area contributed by atoms with Gasteiger partial charge in [0.2, 0.25) is 0 Å². The molecule has 3 aromatic heterocycles. The molecule has 3 heterocycles. The first kappa shape index (κ1) is 19.1. The van der Waals surface area contributed by atoms with Gasteiger partial charge in [-0.05, 0) is 31.2 Å². The molecule has 7 nitrogen and oxygen atoms in total. The zero-order chi connectivity index (χ0) is 20.8. The Labute approximate surface area is 165 Å². The Morgan fingerprint density at radius 2 is 2.03 bits per heavy atom. The quantitative estimate of drug-likeness (QED) is 0.473. The van der Waals surface area contributed by atoms with Gasteiger partial charge in [-0.25, -0.2) is 14.4 Å². The van der Waals surface area contributed by atoms with Crippen LogP contribution in [0.3, 0.4) is 0 Å². The molecule has 0 radical (unpaired) electrons. The van der Waals surface area contributed by atoms with Gasteiger partial charge in [-0.15, -0.1) is 0 Å². The van der Waals surface area contributed by atoms with Crippen molar-refractivity contribution in [2.45, 2.75) is 19.1 Å².